The minimum atomic E-state index is -0.870. The maximum atomic E-state index is 12.5. The molecule has 1 aliphatic rings. The van der Waals surface area contributed by atoms with Crippen LogP contribution in [-0.2, 0) is 9.59 Å². The van der Waals surface area contributed by atoms with Gasteiger partial charge in [0.15, 0.2) is 6.29 Å². The molecule has 0 bridgehead atoms. The van der Waals surface area contributed by atoms with Gasteiger partial charge in [-0.1, -0.05) is 0 Å². The Morgan fingerprint density at radius 2 is 2.27 bits per heavy atom. The van der Waals surface area contributed by atoms with Gasteiger partial charge in [0, 0.05) is 6.54 Å². The summed E-state index contributed by atoms with van der Waals surface area (Å²) in [4.78, 5) is 20.7. The lowest BCUT2D eigenvalue weighted by Gasteiger charge is -2.22. The normalized spacial score (nSPS) is 31.4. The average molecular weight is 159 g/mol. The number of Topliss-reactive ketones (excluding diaryl/α,β-unsaturated/α-hetero) is 1. The highest BCUT2D eigenvalue weighted by Gasteiger charge is 2.24. The summed E-state index contributed by atoms with van der Waals surface area (Å²) in [6.45, 7) is 0.185. The van der Waals surface area contributed by atoms with Crippen molar-refractivity contribution in [2.24, 2.45) is 0 Å². The van der Waals surface area contributed by atoms with E-state index in [1.165, 1.54) is 0 Å². The molecule has 62 valence electrons. The van der Waals surface area contributed by atoms with Gasteiger partial charge in [-0.25, -0.2) is 4.39 Å². The number of carbonyl (C=O) groups excluding carboxylic acids is 2. The molecule has 1 aliphatic heterocycles. The fraction of sp³-hybridized carbons (Fsp3) is 0.714. The quantitative estimate of drug-likeness (QED) is 0.450. The smallest absolute Gasteiger partial charge is 0.212 e. The molecule has 2 unspecified atom stereocenters. The molecule has 3 nitrogen and oxygen atoms in total. The fourth-order valence-corrected chi connectivity index (χ4v) is 1.15. The highest BCUT2D eigenvalue weighted by Crippen LogP contribution is 2.10. The molecule has 0 aromatic rings. The lowest BCUT2D eigenvalue weighted by Crippen LogP contribution is -2.45. The first kappa shape index (κ1) is 8.33. The van der Waals surface area contributed by atoms with Crippen molar-refractivity contribution in [3.8, 4) is 0 Å². The Bertz CT molecular complexity index is 164. The Balaban J connectivity index is 2.38. The van der Waals surface area contributed by atoms with E-state index in [1.54, 1.807) is 0 Å². The molecule has 0 aliphatic carbocycles. The second-order valence-corrected chi connectivity index (χ2v) is 2.66. The van der Waals surface area contributed by atoms with E-state index >= 15 is 0 Å². The summed E-state index contributed by atoms with van der Waals surface area (Å²) in [5.74, 6) is -0.475. The molecule has 1 fully saturated rings. The molecule has 11 heavy (non-hydrogen) atoms. The number of rotatable bonds is 2. The van der Waals surface area contributed by atoms with E-state index < -0.39 is 18.0 Å². The number of hydrogen-bond donors (Lipinski definition) is 1. The predicted octanol–water partition coefficient (Wildman–Crippen LogP) is -0.156. The van der Waals surface area contributed by atoms with Crippen LogP contribution >= 0.6 is 0 Å². The predicted molar refractivity (Wildman–Crippen MR) is 37.0 cm³/mol. The van der Waals surface area contributed by atoms with Crippen molar-refractivity contribution in [3.05, 3.63) is 0 Å². The molecule has 0 saturated carbocycles. The summed E-state index contributed by atoms with van der Waals surface area (Å²) in [5.41, 5.74) is 0. The van der Waals surface area contributed by atoms with Crippen molar-refractivity contribution in [3.63, 3.8) is 0 Å². The van der Waals surface area contributed by atoms with Crippen LogP contribution in [0.5, 0.6) is 0 Å². The molecule has 0 spiro atoms. The van der Waals surface area contributed by atoms with Gasteiger partial charge >= 0.3 is 0 Å². The molecule has 0 radical (unpaired) electrons. The van der Waals surface area contributed by atoms with Crippen LogP contribution in [-0.4, -0.2) is 30.8 Å². The molecule has 4 heteroatoms. The van der Waals surface area contributed by atoms with Gasteiger partial charge in [0.1, 0.15) is 6.17 Å². The number of piperidine rings is 1. The van der Waals surface area contributed by atoms with Crippen LogP contribution < -0.4 is 5.32 Å². The van der Waals surface area contributed by atoms with E-state index in [0.717, 1.165) is 0 Å². The lowest BCUT2D eigenvalue weighted by molar-refractivity contribution is -0.131. The average Bonchev–Trinajstić information content (AvgIpc) is 2.05. The molecule has 1 rings (SSSR count). The summed E-state index contributed by atoms with van der Waals surface area (Å²) >= 11 is 0. The van der Waals surface area contributed by atoms with Gasteiger partial charge in [-0.2, -0.15) is 0 Å². The van der Waals surface area contributed by atoms with Crippen LogP contribution in [0.25, 0.3) is 0 Å². The van der Waals surface area contributed by atoms with Crippen molar-refractivity contribution in [2.75, 3.05) is 6.54 Å². The topological polar surface area (TPSA) is 46.2 Å². The summed E-state index contributed by atoms with van der Waals surface area (Å²) in [6, 6.07) is -0.445. The van der Waals surface area contributed by atoms with Crippen LogP contribution in [0.4, 0.5) is 4.39 Å². The second-order valence-electron chi connectivity index (χ2n) is 2.66. The van der Waals surface area contributed by atoms with Crippen LogP contribution in [0.3, 0.4) is 0 Å². The molecule has 1 heterocycles. The first-order chi connectivity index (χ1) is 5.24. The second kappa shape index (κ2) is 3.57. The van der Waals surface area contributed by atoms with Gasteiger partial charge in [0.25, 0.3) is 0 Å². The zero-order valence-electron chi connectivity index (χ0n) is 6.05. The summed E-state index contributed by atoms with van der Waals surface area (Å²) in [6.07, 6.45) is 0.220. The van der Waals surface area contributed by atoms with Gasteiger partial charge < -0.3 is 5.32 Å². The van der Waals surface area contributed by atoms with E-state index in [9.17, 15) is 14.0 Å². The highest BCUT2D eigenvalue weighted by molar-refractivity contribution is 6.27. The van der Waals surface area contributed by atoms with Crippen LogP contribution in [0.1, 0.15) is 12.8 Å². The van der Waals surface area contributed by atoms with Crippen molar-refractivity contribution < 1.29 is 14.0 Å². The minimum Gasteiger partial charge on any atom is -0.304 e. The maximum absolute atomic E-state index is 12.5. The molecular formula is C7H10FNO2. The third-order valence-electron chi connectivity index (χ3n) is 1.81. The Kier molecular flexibility index (Phi) is 2.70. The molecule has 1 N–H and O–H groups in total. The van der Waals surface area contributed by atoms with E-state index in [4.69, 9.17) is 0 Å². The SMILES string of the molecule is O=CC(=O)C1CCC(F)CN1. The highest BCUT2D eigenvalue weighted by atomic mass is 19.1. The van der Waals surface area contributed by atoms with Gasteiger partial charge in [-0.3, -0.25) is 9.59 Å². The van der Waals surface area contributed by atoms with Crippen molar-refractivity contribution in [2.45, 2.75) is 25.1 Å². The Morgan fingerprint density at radius 1 is 1.55 bits per heavy atom. The van der Waals surface area contributed by atoms with E-state index in [2.05, 4.69) is 5.32 Å². The van der Waals surface area contributed by atoms with Gasteiger partial charge in [0.2, 0.25) is 5.78 Å². The number of aldehydes is 1. The molecule has 0 amide bonds. The van der Waals surface area contributed by atoms with E-state index in [1.807, 2.05) is 0 Å². The van der Waals surface area contributed by atoms with Crippen molar-refractivity contribution in [1.29, 1.82) is 0 Å². The third kappa shape index (κ3) is 2.08. The van der Waals surface area contributed by atoms with Gasteiger partial charge in [-0.05, 0) is 12.8 Å². The molecule has 0 aromatic carbocycles. The number of ketones is 1. The minimum absolute atomic E-state index is 0.185. The van der Waals surface area contributed by atoms with Crippen LogP contribution in [0.2, 0.25) is 0 Å². The molecular weight excluding hydrogens is 149 g/mol. The number of hydrogen-bond acceptors (Lipinski definition) is 3. The number of alkyl halides is 1. The first-order valence-corrected chi connectivity index (χ1v) is 3.60. The maximum Gasteiger partial charge on any atom is 0.212 e. The van der Waals surface area contributed by atoms with E-state index in [-0.39, 0.29) is 12.8 Å². The molecule has 2 atom stereocenters. The third-order valence-corrected chi connectivity index (χ3v) is 1.81. The van der Waals surface area contributed by atoms with Crippen molar-refractivity contribution in [1.82, 2.24) is 5.32 Å². The Labute approximate surface area is 64.0 Å². The van der Waals surface area contributed by atoms with Crippen LogP contribution in [0, 0.1) is 0 Å². The Hall–Kier alpha value is -0.770. The van der Waals surface area contributed by atoms with Gasteiger partial charge in [0.05, 0.1) is 6.04 Å². The summed E-state index contributed by atoms with van der Waals surface area (Å²) < 4.78 is 12.5. The van der Waals surface area contributed by atoms with Crippen molar-refractivity contribution >= 4 is 12.1 Å². The largest absolute Gasteiger partial charge is 0.304 e. The number of nitrogens with one attached hydrogen (secondary N) is 1. The van der Waals surface area contributed by atoms with Gasteiger partial charge in [-0.15, -0.1) is 0 Å². The lowest BCUT2D eigenvalue weighted by atomic mass is 10.0. The van der Waals surface area contributed by atoms with E-state index in [0.29, 0.717) is 12.8 Å². The van der Waals surface area contributed by atoms with Crippen LogP contribution in [0.15, 0.2) is 0 Å². The summed E-state index contributed by atoms with van der Waals surface area (Å²) in [5, 5.41) is 2.66. The molecule has 1 saturated heterocycles. The standard InChI is InChI=1S/C7H10FNO2/c8-5-1-2-6(9-3-5)7(11)4-10/h4-6,9H,1-3H2. The zero-order valence-corrected chi connectivity index (χ0v) is 6.05. The Morgan fingerprint density at radius 3 is 2.73 bits per heavy atom. The zero-order chi connectivity index (χ0) is 8.27. The number of halogens is 1. The summed E-state index contributed by atoms with van der Waals surface area (Å²) in [7, 11) is 0. The number of carbonyl (C=O) groups is 2. The fourth-order valence-electron chi connectivity index (χ4n) is 1.15. The first-order valence-electron chi connectivity index (χ1n) is 3.60. The monoisotopic (exact) mass is 159 g/mol. The molecule has 0 aromatic heterocycles.